The number of Topliss-reactive ketones (excluding diaryl/α,β-unsaturated/α-hetero) is 1. The van der Waals surface area contributed by atoms with Crippen LogP contribution in [-0.4, -0.2) is 113 Å². The second-order valence-corrected chi connectivity index (χ2v) is 14.6. The molecule has 45 heavy (non-hydrogen) atoms. The van der Waals surface area contributed by atoms with E-state index in [1.807, 2.05) is 0 Å². The van der Waals surface area contributed by atoms with Crippen molar-refractivity contribution in [2.75, 3.05) is 55.2 Å². The Morgan fingerprint density at radius 3 is 2.27 bits per heavy atom. The first-order valence-corrected chi connectivity index (χ1v) is 16.5. The number of fused-ring (bicyclic) bond motifs is 2. The Morgan fingerprint density at radius 2 is 1.69 bits per heavy atom. The summed E-state index contributed by atoms with van der Waals surface area (Å²) in [6.45, 7) is 5.86. The Balaban J connectivity index is 1.52. The van der Waals surface area contributed by atoms with Crippen LogP contribution in [0.1, 0.15) is 49.9 Å². The molecular formula is C35H49NO9. The van der Waals surface area contributed by atoms with Crippen LogP contribution in [0.2, 0.25) is 0 Å². The van der Waals surface area contributed by atoms with Crippen LogP contribution in [0.5, 0.6) is 5.75 Å². The molecule has 13 atom stereocenters. The molecule has 1 spiro atoms. The third-order valence-electron chi connectivity index (χ3n) is 13.5. The highest BCUT2D eigenvalue weighted by Gasteiger charge is 2.89. The lowest BCUT2D eigenvalue weighted by Gasteiger charge is -2.69. The predicted molar refractivity (Wildman–Crippen MR) is 163 cm³/mol. The molecule has 5 aliphatic carbocycles. The van der Waals surface area contributed by atoms with E-state index in [1.165, 1.54) is 6.92 Å². The topological polar surface area (TPSA) is 113 Å². The molecule has 10 heteroatoms. The van der Waals surface area contributed by atoms with E-state index >= 15 is 0 Å². The minimum Gasteiger partial charge on any atom is -0.497 e. The van der Waals surface area contributed by atoms with E-state index in [-0.39, 0.29) is 47.2 Å². The van der Waals surface area contributed by atoms with E-state index in [9.17, 15) is 14.7 Å². The van der Waals surface area contributed by atoms with Crippen molar-refractivity contribution in [3.63, 3.8) is 0 Å². The maximum absolute atomic E-state index is 14.8. The number of nitrogens with zero attached hydrogens (tertiary/aromatic N) is 1. The largest absolute Gasteiger partial charge is 0.497 e. The second kappa shape index (κ2) is 10.7. The molecule has 7 bridgehead atoms. The first-order valence-electron chi connectivity index (χ1n) is 16.5. The number of hydrogen-bond donors (Lipinski definition) is 1. The summed E-state index contributed by atoms with van der Waals surface area (Å²) in [7, 11) is 8.52. The van der Waals surface area contributed by atoms with E-state index in [0.717, 1.165) is 25.9 Å². The number of ketones is 1. The van der Waals surface area contributed by atoms with Gasteiger partial charge in [0.25, 0.3) is 0 Å². The van der Waals surface area contributed by atoms with Gasteiger partial charge in [-0.25, -0.2) is 0 Å². The number of methoxy groups -OCH3 is 5. The Morgan fingerprint density at radius 1 is 0.978 bits per heavy atom. The van der Waals surface area contributed by atoms with E-state index in [2.05, 4.69) is 11.8 Å². The smallest absolute Gasteiger partial charge is 0.303 e. The minimum atomic E-state index is -1.46. The Bertz CT molecular complexity index is 1340. The molecule has 0 aromatic heterocycles. The maximum Gasteiger partial charge on any atom is 0.303 e. The van der Waals surface area contributed by atoms with Crippen molar-refractivity contribution < 1.29 is 43.1 Å². The van der Waals surface area contributed by atoms with Gasteiger partial charge in [-0.1, -0.05) is 6.92 Å². The van der Waals surface area contributed by atoms with Gasteiger partial charge in [0, 0.05) is 88.5 Å². The van der Waals surface area contributed by atoms with Crippen LogP contribution in [0.15, 0.2) is 24.3 Å². The lowest BCUT2D eigenvalue weighted by molar-refractivity contribution is -0.277. The van der Waals surface area contributed by atoms with Crippen LogP contribution in [0.4, 0.5) is 0 Å². The zero-order valence-corrected chi connectivity index (χ0v) is 27.6. The number of carbonyl (C=O) groups is 2. The lowest BCUT2D eigenvalue weighted by Crippen LogP contribution is -2.77. The van der Waals surface area contributed by atoms with Crippen LogP contribution in [0.25, 0.3) is 0 Å². The maximum atomic E-state index is 14.8. The predicted octanol–water partition coefficient (Wildman–Crippen LogP) is 2.99. The summed E-state index contributed by atoms with van der Waals surface area (Å²) in [5, 5.41) is 12.9. The Labute approximate surface area is 266 Å². The fraction of sp³-hybridized carbons (Fsp3) is 0.771. The molecule has 7 rings (SSSR count). The molecule has 0 amide bonds. The molecule has 0 radical (unpaired) electrons. The number of benzene rings is 1. The van der Waals surface area contributed by atoms with E-state index in [0.29, 0.717) is 30.8 Å². The highest BCUT2D eigenvalue weighted by atomic mass is 16.6. The first kappa shape index (κ1) is 31.5. The van der Waals surface area contributed by atoms with Gasteiger partial charge < -0.3 is 33.5 Å². The number of hydrogen-bond acceptors (Lipinski definition) is 10. The summed E-state index contributed by atoms with van der Waals surface area (Å²) in [5.41, 5.74) is -2.76. The van der Waals surface area contributed by atoms with Crippen molar-refractivity contribution >= 4 is 11.8 Å². The number of carbonyl (C=O) groups excluding carboxylic acids is 2. The van der Waals surface area contributed by atoms with Crippen LogP contribution in [0.3, 0.4) is 0 Å². The molecule has 6 fully saturated rings. The highest BCUT2D eigenvalue weighted by molar-refractivity contribution is 5.99. The number of esters is 1. The van der Waals surface area contributed by atoms with Crippen molar-refractivity contribution in [2.24, 2.45) is 40.4 Å². The lowest BCUT2D eigenvalue weighted by atomic mass is 9.42. The van der Waals surface area contributed by atoms with Crippen LogP contribution < -0.4 is 4.74 Å². The highest BCUT2D eigenvalue weighted by Crippen LogP contribution is 2.81. The van der Waals surface area contributed by atoms with Gasteiger partial charge in [0.1, 0.15) is 17.0 Å². The molecular weight excluding hydrogens is 578 g/mol. The standard InChI is InChI=1S/C35H49NO9/c1-8-36-17-32(18-40-3)14-13-23(42-5)35-22-15-33(39)24(43-6)16-34(45-19(2)37,27(31(35)36)29(44-7)30(32)35)25(22)26(33)28(38)20-9-11-21(41-4)12-10-20/h9-12,22-27,29-31,39H,8,13-18H2,1-7H3/t22-,23+,24+,25-,26+,27?,29+,30-,31?,32+,33?,34-,35+/m1/s1. The summed E-state index contributed by atoms with van der Waals surface area (Å²) >= 11 is 0. The molecule has 248 valence electrons. The third-order valence-corrected chi connectivity index (χ3v) is 13.5. The molecule has 1 saturated heterocycles. The van der Waals surface area contributed by atoms with Crippen molar-refractivity contribution in [3.8, 4) is 5.75 Å². The summed E-state index contributed by atoms with van der Waals surface area (Å²) < 4.78 is 37.3. The molecule has 1 aromatic carbocycles. The van der Waals surface area contributed by atoms with Crippen LogP contribution in [-0.2, 0) is 28.5 Å². The van der Waals surface area contributed by atoms with Gasteiger partial charge in [-0.2, -0.15) is 0 Å². The molecule has 10 nitrogen and oxygen atoms in total. The number of piperidine rings is 1. The van der Waals surface area contributed by atoms with Crippen molar-refractivity contribution in [2.45, 2.75) is 75.1 Å². The average Bonchev–Trinajstić information content (AvgIpc) is 3.43. The first-order chi connectivity index (χ1) is 21.6. The molecule has 1 aliphatic heterocycles. The van der Waals surface area contributed by atoms with Gasteiger partial charge >= 0.3 is 5.97 Å². The fourth-order valence-corrected chi connectivity index (χ4v) is 12.7. The molecule has 1 N–H and O–H groups in total. The number of rotatable bonds is 10. The van der Waals surface area contributed by atoms with Gasteiger partial charge in [-0.15, -0.1) is 0 Å². The zero-order chi connectivity index (χ0) is 32.1. The van der Waals surface area contributed by atoms with Gasteiger partial charge in [0.2, 0.25) is 0 Å². The van der Waals surface area contributed by atoms with Gasteiger partial charge in [-0.05, 0) is 56.0 Å². The number of ether oxygens (including phenoxy) is 6. The van der Waals surface area contributed by atoms with Gasteiger partial charge in [0.15, 0.2) is 5.78 Å². The summed E-state index contributed by atoms with van der Waals surface area (Å²) in [6.07, 6.45) is 1.28. The van der Waals surface area contributed by atoms with Crippen molar-refractivity contribution in [1.82, 2.24) is 4.90 Å². The summed E-state index contributed by atoms with van der Waals surface area (Å²) in [6, 6.07) is 7.02. The average molecular weight is 628 g/mol. The monoisotopic (exact) mass is 627 g/mol. The van der Waals surface area contributed by atoms with Crippen molar-refractivity contribution in [1.29, 1.82) is 0 Å². The van der Waals surface area contributed by atoms with Crippen LogP contribution in [0, 0.1) is 40.4 Å². The molecule has 3 unspecified atom stereocenters. The number of likely N-dealkylation sites (tertiary alicyclic amines) is 1. The Hall–Kier alpha value is -2.08. The summed E-state index contributed by atoms with van der Waals surface area (Å²) in [4.78, 5) is 30.7. The van der Waals surface area contributed by atoms with E-state index < -0.39 is 40.5 Å². The molecule has 6 aliphatic rings. The van der Waals surface area contributed by atoms with Gasteiger partial charge in [0.05, 0.1) is 37.9 Å². The molecule has 1 aromatic rings. The zero-order valence-electron chi connectivity index (χ0n) is 27.6. The SMILES string of the molecule is CCN1C[C@]2(COC)CC[C@H](OC)[C@]34C1C([C@H](OC)[C@H]23)[C@@]1(OC(C)=O)C[C@H](OC)C2(O)C[C@@H]4[C@@H]1[C@H]2C(=O)c1ccc(OC)cc1. The van der Waals surface area contributed by atoms with E-state index in [4.69, 9.17) is 28.4 Å². The van der Waals surface area contributed by atoms with E-state index in [1.54, 1.807) is 59.8 Å². The second-order valence-electron chi connectivity index (χ2n) is 14.6. The summed E-state index contributed by atoms with van der Waals surface area (Å²) in [5.74, 6) is -1.66. The van der Waals surface area contributed by atoms with Crippen molar-refractivity contribution in [3.05, 3.63) is 29.8 Å². The van der Waals surface area contributed by atoms with Crippen LogP contribution >= 0.6 is 0 Å². The minimum absolute atomic E-state index is 0.0227. The third kappa shape index (κ3) is 3.72. The molecule has 1 heterocycles. The Kier molecular flexibility index (Phi) is 7.51. The quantitative estimate of drug-likeness (QED) is 0.307. The number of aliphatic hydroxyl groups is 1. The van der Waals surface area contributed by atoms with Gasteiger partial charge in [-0.3, -0.25) is 14.5 Å². The normalized spacial score (nSPS) is 47.4. The molecule has 5 saturated carbocycles. The fourth-order valence-electron chi connectivity index (χ4n) is 12.7.